The van der Waals surface area contributed by atoms with Crippen molar-refractivity contribution in [2.75, 3.05) is 0 Å². The molecule has 0 saturated heterocycles. The number of carbonyl (C=O) groups excluding carboxylic acids is 2. The molecule has 142 valence electrons. The van der Waals surface area contributed by atoms with Gasteiger partial charge in [0.15, 0.2) is 0 Å². The standard InChI is InChI=1S/C25H15N3O2/c29-24-22(14-12-20-10-4-6-16-26-20)23(15-13-21-11-5-7-17-27-21)25(30)28(24)18-19-8-2-1-3-9-19/h1-11,16-17H,18H2. The Morgan fingerprint density at radius 1 is 0.633 bits per heavy atom. The van der Waals surface area contributed by atoms with Crippen LogP contribution in [-0.2, 0) is 16.1 Å². The molecule has 1 aliphatic heterocycles. The van der Waals surface area contributed by atoms with E-state index in [9.17, 15) is 9.59 Å². The molecule has 1 aliphatic rings. The van der Waals surface area contributed by atoms with Gasteiger partial charge in [-0.1, -0.05) is 54.3 Å². The van der Waals surface area contributed by atoms with Crippen LogP contribution in [0, 0.1) is 23.7 Å². The lowest BCUT2D eigenvalue weighted by atomic mass is 10.1. The molecular formula is C25H15N3O2. The maximum absolute atomic E-state index is 13.0. The van der Waals surface area contributed by atoms with Gasteiger partial charge in [0, 0.05) is 12.4 Å². The van der Waals surface area contributed by atoms with E-state index in [1.54, 1.807) is 48.8 Å². The Balaban J connectivity index is 1.72. The second-order valence-corrected chi connectivity index (χ2v) is 6.36. The van der Waals surface area contributed by atoms with Gasteiger partial charge in [-0.05, 0) is 41.7 Å². The minimum absolute atomic E-state index is 0.0741. The van der Waals surface area contributed by atoms with Gasteiger partial charge in [-0.2, -0.15) is 0 Å². The first-order valence-electron chi connectivity index (χ1n) is 9.23. The monoisotopic (exact) mass is 389 g/mol. The van der Waals surface area contributed by atoms with Crippen molar-refractivity contribution in [3.8, 4) is 23.7 Å². The van der Waals surface area contributed by atoms with Crippen LogP contribution in [0.15, 0.2) is 90.3 Å². The van der Waals surface area contributed by atoms with E-state index in [-0.39, 0.29) is 17.7 Å². The van der Waals surface area contributed by atoms with Crippen molar-refractivity contribution < 1.29 is 9.59 Å². The Morgan fingerprint density at radius 2 is 1.13 bits per heavy atom. The molecule has 1 aromatic carbocycles. The predicted octanol–water partition coefficient (Wildman–Crippen LogP) is 2.75. The molecule has 5 heteroatoms. The van der Waals surface area contributed by atoms with Crippen LogP contribution in [0.3, 0.4) is 0 Å². The zero-order chi connectivity index (χ0) is 20.8. The summed E-state index contributed by atoms with van der Waals surface area (Å²) in [6.45, 7) is 0.155. The SMILES string of the molecule is O=C1C(C#Cc2ccccn2)=C(C#Cc2ccccn2)C(=O)N1Cc1ccccc1. The second-order valence-electron chi connectivity index (χ2n) is 6.36. The first kappa shape index (κ1) is 18.9. The molecule has 30 heavy (non-hydrogen) atoms. The lowest BCUT2D eigenvalue weighted by Crippen LogP contribution is -2.31. The van der Waals surface area contributed by atoms with E-state index in [0.717, 1.165) is 5.56 Å². The van der Waals surface area contributed by atoms with Crippen molar-refractivity contribution in [3.05, 3.63) is 107 Å². The highest BCUT2D eigenvalue weighted by atomic mass is 16.2. The van der Waals surface area contributed by atoms with Crippen LogP contribution in [0.1, 0.15) is 17.0 Å². The van der Waals surface area contributed by atoms with E-state index in [1.165, 1.54) is 4.90 Å². The minimum Gasteiger partial charge on any atom is -0.269 e. The van der Waals surface area contributed by atoms with Crippen LogP contribution < -0.4 is 0 Å². The largest absolute Gasteiger partial charge is 0.271 e. The number of amides is 2. The van der Waals surface area contributed by atoms with Crippen LogP contribution in [0.5, 0.6) is 0 Å². The quantitative estimate of drug-likeness (QED) is 0.499. The summed E-state index contributed by atoms with van der Waals surface area (Å²) in [6, 6.07) is 19.9. The van der Waals surface area contributed by atoms with Gasteiger partial charge in [0.2, 0.25) is 0 Å². The number of hydrogen-bond donors (Lipinski definition) is 0. The molecular weight excluding hydrogens is 374 g/mol. The van der Waals surface area contributed by atoms with E-state index >= 15 is 0 Å². The van der Waals surface area contributed by atoms with Crippen LogP contribution in [0.4, 0.5) is 0 Å². The van der Waals surface area contributed by atoms with Gasteiger partial charge in [0.1, 0.15) is 22.5 Å². The van der Waals surface area contributed by atoms with Crippen LogP contribution >= 0.6 is 0 Å². The van der Waals surface area contributed by atoms with Gasteiger partial charge in [-0.15, -0.1) is 0 Å². The van der Waals surface area contributed by atoms with Crippen molar-refractivity contribution >= 4 is 11.8 Å². The topological polar surface area (TPSA) is 63.2 Å². The fraction of sp³-hybridized carbons (Fsp3) is 0.0400. The van der Waals surface area contributed by atoms with Crippen molar-refractivity contribution in [1.29, 1.82) is 0 Å². The number of nitrogens with zero attached hydrogens (tertiary/aromatic N) is 3. The molecule has 2 amide bonds. The summed E-state index contributed by atoms with van der Waals surface area (Å²) in [5.74, 6) is 10.4. The molecule has 0 atom stereocenters. The molecule has 4 rings (SSSR count). The second kappa shape index (κ2) is 8.68. The van der Waals surface area contributed by atoms with Gasteiger partial charge in [0.25, 0.3) is 11.8 Å². The number of benzene rings is 1. The average molecular weight is 389 g/mol. The van der Waals surface area contributed by atoms with E-state index in [4.69, 9.17) is 0 Å². The van der Waals surface area contributed by atoms with Gasteiger partial charge in [0.05, 0.1) is 6.54 Å². The highest BCUT2D eigenvalue weighted by Crippen LogP contribution is 2.22. The molecule has 2 aromatic heterocycles. The summed E-state index contributed by atoms with van der Waals surface area (Å²) < 4.78 is 0. The average Bonchev–Trinajstić information content (AvgIpc) is 3.02. The Labute approximate surface area is 174 Å². The van der Waals surface area contributed by atoms with Crippen LogP contribution in [-0.4, -0.2) is 26.7 Å². The number of aromatic nitrogens is 2. The number of imide groups is 1. The van der Waals surface area contributed by atoms with Crippen molar-refractivity contribution in [3.63, 3.8) is 0 Å². The smallest absolute Gasteiger partial charge is 0.269 e. The maximum Gasteiger partial charge on any atom is 0.271 e. The molecule has 0 aliphatic carbocycles. The first-order valence-corrected chi connectivity index (χ1v) is 9.23. The Morgan fingerprint density at radius 3 is 1.60 bits per heavy atom. The normalized spacial score (nSPS) is 12.9. The maximum atomic E-state index is 13.0. The summed E-state index contributed by atoms with van der Waals surface area (Å²) in [7, 11) is 0. The molecule has 5 nitrogen and oxygen atoms in total. The Kier molecular flexibility index (Phi) is 5.46. The van der Waals surface area contributed by atoms with Crippen LogP contribution in [0.2, 0.25) is 0 Å². The molecule has 3 aromatic rings. The number of rotatable bonds is 2. The van der Waals surface area contributed by atoms with Crippen molar-refractivity contribution in [2.45, 2.75) is 6.54 Å². The Hall–Kier alpha value is -4.48. The zero-order valence-electron chi connectivity index (χ0n) is 15.9. The summed E-state index contributed by atoms with van der Waals surface area (Å²) in [5.41, 5.74) is 2.00. The third-order valence-corrected chi connectivity index (χ3v) is 4.31. The molecule has 3 heterocycles. The van der Waals surface area contributed by atoms with E-state index in [2.05, 4.69) is 33.6 Å². The van der Waals surface area contributed by atoms with Gasteiger partial charge in [-0.25, -0.2) is 9.97 Å². The van der Waals surface area contributed by atoms with Crippen molar-refractivity contribution in [1.82, 2.24) is 14.9 Å². The highest BCUT2D eigenvalue weighted by molar-refractivity contribution is 6.23. The fourth-order valence-electron chi connectivity index (χ4n) is 2.84. The fourth-order valence-corrected chi connectivity index (χ4v) is 2.84. The molecule has 0 radical (unpaired) electrons. The van der Waals surface area contributed by atoms with Crippen LogP contribution in [0.25, 0.3) is 0 Å². The third-order valence-electron chi connectivity index (χ3n) is 4.31. The number of hydrogen-bond acceptors (Lipinski definition) is 4. The number of carbonyl (C=O) groups is 2. The molecule has 0 spiro atoms. The van der Waals surface area contributed by atoms with E-state index in [1.807, 2.05) is 30.3 Å². The third kappa shape index (κ3) is 4.16. The van der Waals surface area contributed by atoms with Gasteiger partial charge in [-0.3, -0.25) is 14.5 Å². The first-order chi connectivity index (χ1) is 14.7. The highest BCUT2D eigenvalue weighted by Gasteiger charge is 2.37. The summed E-state index contributed by atoms with van der Waals surface area (Å²) in [6.07, 6.45) is 3.23. The lowest BCUT2D eigenvalue weighted by molar-refractivity contribution is -0.137. The predicted molar refractivity (Wildman–Crippen MR) is 111 cm³/mol. The molecule has 0 fully saturated rings. The molecule has 0 N–H and O–H groups in total. The summed E-state index contributed by atoms with van der Waals surface area (Å²) in [5, 5.41) is 0. The van der Waals surface area contributed by atoms with Gasteiger partial charge >= 0.3 is 0 Å². The minimum atomic E-state index is -0.461. The molecule has 0 unspecified atom stereocenters. The molecule has 0 bridgehead atoms. The Bertz CT molecular complexity index is 1160. The number of pyridine rings is 2. The van der Waals surface area contributed by atoms with E-state index in [0.29, 0.717) is 11.4 Å². The van der Waals surface area contributed by atoms with E-state index < -0.39 is 11.8 Å². The summed E-state index contributed by atoms with van der Waals surface area (Å²) >= 11 is 0. The zero-order valence-corrected chi connectivity index (χ0v) is 15.9. The molecule has 0 saturated carbocycles. The lowest BCUT2D eigenvalue weighted by Gasteiger charge is -2.14. The van der Waals surface area contributed by atoms with Gasteiger partial charge < -0.3 is 0 Å². The summed E-state index contributed by atoms with van der Waals surface area (Å²) in [4.78, 5) is 35.4. The van der Waals surface area contributed by atoms with Crippen molar-refractivity contribution in [2.24, 2.45) is 0 Å².